The molecule has 6 nitrogen and oxygen atoms in total. The van der Waals surface area contributed by atoms with Crippen LogP contribution in [0.15, 0.2) is 53.0 Å². The lowest BCUT2D eigenvalue weighted by atomic mass is 9.97. The van der Waals surface area contributed by atoms with Crippen LogP contribution in [0.25, 0.3) is 0 Å². The van der Waals surface area contributed by atoms with Crippen molar-refractivity contribution in [1.29, 1.82) is 0 Å². The Balaban J connectivity index is 1.65. The van der Waals surface area contributed by atoms with Crippen LogP contribution in [0, 0.1) is 0 Å². The molecule has 2 aromatic carbocycles. The van der Waals surface area contributed by atoms with Gasteiger partial charge in [-0.1, -0.05) is 51.8 Å². The van der Waals surface area contributed by atoms with E-state index >= 15 is 0 Å². The molecule has 3 atom stereocenters. The van der Waals surface area contributed by atoms with E-state index in [9.17, 15) is 23.1 Å². The summed E-state index contributed by atoms with van der Waals surface area (Å²) in [5, 5.41) is 18.9. The average Bonchev–Trinajstić information content (AvgIpc) is 3.10. The molecule has 1 aliphatic heterocycles. The molecule has 1 aromatic heterocycles. The van der Waals surface area contributed by atoms with Crippen LogP contribution in [0.5, 0.6) is 0 Å². The molecule has 1 amide bonds. The maximum Gasteiger partial charge on any atom is 0.410 e. The summed E-state index contributed by atoms with van der Waals surface area (Å²) < 4.78 is 43.3. The Bertz CT molecular complexity index is 1160. The van der Waals surface area contributed by atoms with E-state index in [0.29, 0.717) is 16.8 Å². The molecule has 1 aliphatic rings. The van der Waals surface area contributed by atoms with Gasteiger partial charge in [0, 0.05) is 16.6 Å². The van der Waals surface area contributed by atoms with Crippen LogP contribution in [0.1, 0.15) is 53.1 Å². The molecule has 33 heavy (non-hydrogen) atoms. The molecule has 0 fully saturated rings. The Morgan fingerprint density at radius 3 is 2.45 bits per heavy atom. The molecule has 11 heteroatoms. The van der Waals surface area contributed by atoms with Crippen molar-refractivity contribution in [3.05, 3.63) is 74.8 Å². The molecule has 3 unspecified atom stereocenters. The van der Waals surface area contributed by atoms with Gasteiger partial charge in [0.05, 0.1) is 12.1 Å². The van der Waals surface area contributed by atoms with Crippen molar-refractivity contribution in [2.45, 2.75) is 37.7 Å². The third kappa shape index (κ3) is 4.87. The van der Waals surface area contributed by atoms with Gasteiger partial charge in [0.15, 0.2) is 11.7 Å². The predicted molar refractivity (Wildman–Crippen MR) is 122 cm³/mol. The molecule has 3 aromatic rings. The van der Waals surface area contributed by atoms with Gasteiger partial charge >= 0.3 is 6.18 Å². The third-order valence-corrected chi connectivity index (χ3v) is 6.32. The van der Waals surface area contributed by atoms with Crippen molar-refractivity contribution in [3.8, 4) is 0 Å². The van der Waals surface area contributed by atoms with Crippen molar-refractivity contribution >= 4 is 44.9 Å². The predicted octanol–water partition coefficient (Wildman–Crippen LogP) is 6.26. The number of fused-ring (bicyclic) bond motifs is 1. The third-order valence-electron chi connectivity index (χ3n) is 5.43. The molecule has 0 aliphatic carbocycles. The minimum Gasteiger partial charge on any atom is -0.389 e. The summed E-state index contributed by atoms with van der Waals surface area (Å²) in [6.45, 7) is 1.61. The van der Waals surface area contributed by atoms with Gasteiger partial charge in [0.2, 0.25) is 0 Å². The summed E-state index contributed by atoms with van der Waals surface area (Å²) in [6, 6.07) is 10.7. The zero-order chi connectivity index (χ0) is 23.9. The zero-order valence-electron chi connectivity index (χ0n) is 17.2. The Labute approximate surface area is 200 Å². The lowest BCUT2D eigenvalue weighted by Crippen LogP contribution is -2.35. The monoisotopic (exact) mass is 542 g/mol. The molecule has 0 bridgehead atoms. The first-order chi connectivity index (χ1) is 15.5. The van der Waals surface area contributed by atoms with Crippen LogP contribution < -0.4 is 10.6 Å². The first-order valence-electron chi connectivity index (χ1n) is 10.0. The molecule has 3 N–H and O–H groups in total. The van der Waals surface area contributed by atoms with Crippen LogP contribution in [-0.2, 0) is 0 Å². The molecule has 0 radical (unpaired) electrons. The number of nitrogens with zero attached hydrogens (tertiary/aromatic N) is 2. The van der Waals surface area contributed by atoms with Crippen LogP contribution in [-0.4, -0.2) is 27.0 Å². The van der Waals surface area contributed by atoms with Crippen LogP contribution in [0.4, 0.5) is 24.7 Å². The number of nitrogens with one attached hydrogen (secondary N) is 2. The first kappa shape index (κ1) is 23.6. The second-order valence-corrected chi connectivity index (χ2v) is 9.04. The molecule has 174 valence electrons. The first-order valence-corrected chi connectivity index (χ1v) is 11.2. The van der Waals surface area contributed by atoms with E-state index in [4.69, 9.17) is 11.6 Å². The van der Waals surface area contributed by atoms with Gasteiger partial charge in [-0.3, -0.25) is 4.79 Å². The van der Waals surface area contributed by atoms with E-state index in [1.807, 2.05) is 0 Å². The van der Waals surface area contributed by atoms with E-state index in [1.165, 1.54) is 0 Å². The van der Waals surface area contributed by atoms with E-state index in [-0.39, 0.29) is 23.0 Å². The molecular formula is C22H19BrClF3N4O2. The van der Waals surface area contributed by atoms with Crippen molar-refractivity contribution in [3.63, 3.8) is 0 Å². The smallest absolute Gasteiger partial charge is 0.389 e. The molecule has 2 heterocycles. The van der Waals surface area contributed by atoms with Gasteiger partial charge in [-0.25, -0.2) is 4.68 Å². The highest BCUT2D eigenvalue weighted by molar-refractivity contribution is 9.10. The maximum atomic E-state index is 13.9. The van der Waals surface area contributed by atoms with Crippen LogP contribution in [0.2, 0.25) is 5.02 Å². The second-order valence-electron chi connectivity index (χ2n) is 7.75. The summed E-state index contributed by atoms with van der Waals surface area (Å²) in [5.74, 6) is -0.803. The standard InChI is InChI=1S/C22H19BrClF3N4O2/c1-11(32)12-4-8-15(9-5-12)28-21(33)19-18(24)20-29-16(13-2-6-14(23)7-3-13)10-17(22(25,26)27)31(20)30-19/h2-9,11,16-17,29,32H,10H2,1H3,(H,28,33). The van der Waals surface area contributed by atoms with Crippen molar-refractivity contribution in [2.24, 2.45) is 0 Å². The van der Waals surface area contributed by atoms with Crippen molar-refractivity contribution < 1.29 is 23.1 Å². The fourth-order valence-corrected chi connectivity index (χ4v) is 4.21. The van der Waals surface area contributed by atoms with Crippen molar-refractivity contribution in [2.75, 3.05) is 10.6 Å². The van der Waals surface area contributed by atoms with Gasteiger partial charge in [0.1, 0.15) is 10.8 Å². The number of benzene rings is 2. The number of rotatable bonds is 4. The van der Waals surface area contributed by atoms with Gasteiger partial charge < -0.3 is 15.7 Å². The lowest BCUT2D eigenvalue weighted by Gasteiger charge is -2.33. The quantitative estimate of drug-likeness (QED) is 0.363. The SMILES string of the molecule is CC(O)c1ccc(NC(=O)c2nn3c(c2Cl)NC(c2ccc(Br)cc2)CC3C(F)(F)F)cc1. The number of hydrogen-bond donors (Lipinski definition) is 3. The number of carbonyl (C=O) groups is 1. The molecule has 0 spiro atoms. The maximum absolute atomic E-state index is 13.9. The number of aromatic nitrogens is 2. The van der Waals surface area contributed by atoms with Gasteiger partial charge in [-0.2, -0.15) is 18.3 Å². The van der Waals surface area contributed by atoms with E-state index in [1.54, 1.807) is 55.5 Å². The zero-order valence-corrected chi connectivity index (χ0v) is 19.5. The van der Waals surface area contributed by atoms with Crippen LogP contribution >= 0.6 is 27.5 Å². The van der Waals surface area contributed by atoms with Crippen LogP contribution in [0.3, 0.4) is 0 Å². The summed E-state index contributed by atoms with van der Waals surface area (Å²) in [6.07, 6.45) is -5.57. The molecule has 0 saturated carbocycles. The van der Waals surface area contributed by atoms with E-state index in [2.05, 4.69) is 31.7 Å². The molecular weight excluding hydrogens is 525 g/mol. The van der Waals surface area contributed by atoms with Crippen molar-refractivity contribution in [1.82, 2.24) is 9.78 Å². The Morgan fingerprint density at radius 2 is 1.88 bits per heavy atom. The van der Waals surface area contributed by atoms with Gasteiger partial charge in [-0.15, -0.1) is 0 Å². The number of aliphatic hydroxyl groups is 1. The number of anilines is 2. The largest absolute Gasteiger partial charge is 0.410 e. The van der Waals surface area contributed by atoms with Gasteiger partial charge in [0.25, 0.3) is 5.91 Å². The minimum atomic E-state index is -4.59. The summed E-state index contributed by atoms with van der Waals surface area (Å²) in [7, 11) is 0. The average molecular weight is 544 g/mol. The van der Waals surface area contributed by atoms with Gasteiger partial charge in [-0.05, 0) is 42.3 Å². The number of aliphatic hydroxyl groups excluding tert-OH is 1. The Hall–Kier alpha value is -2.56. The number of alkyl halides is 3. The molecule has 0 saturated heterocycles. The second kappa shape index (κ2) is 9.00. The Kier molecular flexibility index (Phi) is 6.43. The fraction of sp³-hybridized carbons (Fsp3) is 0.273. The highest BCUT2D eigenvalue weighted by Gasteiger charge is 2.47. The highest BCUT2D eigenvalue weighted by Crippen LogP contribution is 2.46. The summed E-state index contributed by atoms with van der Waals surface area (Å²) in [5.41, 5.74) is 1.38. The Morgan fingerprint density at radius 1 is 1.24 bits per heavy atom. The number of halogens is 5. The summed E-state index contributed by atoms with van der Waals surface area (Å²) in [4.78, 5) is 12.8. The number of amides is 1. The van der Waals surface area contributed by atoms with E-state index < -0.39 is 30.3 Å². The van der Waals surface area contributed by atoms with E-state index in [0.717, 1.165) is 9.15 Å². The fourth-order valence-electron chi connectivity index (χ4n) is 3.68. The normalized spacial score (nSPS) is 18.9. The number of hydrogen-bond acceptors (Lipinski definition) is 4. The highest BCUT2D eigenvalue weighted by atomic mass is 79.9. The minimum absolute atomic E-state index is 0.0623. The topological polar surface area (TPSA) is 79.2 Å². The summed E-state index contributed by atoms with van der Waals surface area (Å²) >= 11 is 9.66. The lowest BCUT2D eigenvalue weighted by molar-refractivity contribution is -0.173. The molecule has 4 rings (SSSR count). The number of carbonyl (C=O) groups excluding carboxylic acids is 1.